The van der Waals surface area contributed by atoms with Gasteiger partial charge in [-0.2, -0.15) is 0 Å². The SMILES string of the molecule is CCCCC(N)CCOc1ccccc1. The summed E-state index contributed by atoms with van der Waals surface area (Å²) in [7, 11) is 0. The van der Waals surface area contributed by atoms with Crippen LogP contribution in [0.3, 0.4) is 0 Å². The predicted octanol–water partition coefficient (Wildman–Crippen LogP) is 2.97. The van der Waals surface area contributed by atoms with Crippen molar-refractivity contribution >= 4 is 0 Å². The van der Waals surface area contributed by atoms with Gasteiger partial charge in [-0.3, -0.25) is 0 Å². The second kappa shape index (κ2) is 7.30. The first kappa shape index (κ1) is 12.1. The molecule has 1 rings (SSSR count). The van der Waals surface area contributed by atoms with Crippen LogP contribution in [-0.2, 0) is 0 Å². The largest absolute Gasteiger partial charge is 0.494 e. The average Bonchev–Trinajstić information content (AvgIpc) is 2.28. The molecule has 2 N–H and O–H groups in total. The number of hydrogen-bond acceptors (Lipinski definition) is 2. The summed E-state index contributed by atoms with van der Waals surface area (Å²) in [5.41, 5.74) is 5.94. The van der Waals surface area contributed by atoms with Crippen molar-refractivity contribution in [2.24, 2.45) is 5.73 Å². The maximum atomic E-state index is 5.94. The standard InChI is InChI=1S/C13H21NO/c1-2-3-7-12(14)10-11-15-13-8-5-4-6-9-13/h4-6,8-9,12H,2-3,7,10-11,14H2,1H3. The van der Waals surface area contributed by atoms with E-state index in [-0.39, 0.29) is 6.04 Å². The molecule has 0 spiro atoms. The molecule has 2 heteroatoms. The van der Waals surface area contributed by atoms with Crippen LogP contribution in [-0.4, -0.2) is 12.6 Å². The minimum absolute atomic E-state index is 0.286. The minimum atomic E-state index is 0.286. The molecule has 84 valence electrons. The lowest BCUT2D eigenvalue weighted by atomic mass is 10.1. The Hall–Kier alpha value is -1.02. The lowest BCUT2D eigenvalue weighted by Crippen LogP contribution is -2.22. The summed E-state index contributed by atoms with van der Waals surface area (Å²) < 4.78 is 5.58. The van der Waals surface area contributed by atoms with Gasteiger partial charge in [-0.1, -0.05) is 38.0 Å². The van der Waals surface area contributed by atoms with Crippen LogP contribution in [0.1, 0.15) is 32.6 Å². The maximum Gasteiger partial charge on any atom is 0.119 e. The smallest absolute Gasteiger partial charge is 0.119 e. The summed E-state index contributed by atoms with van der Waals surface area (Å²) in [5.74, 6) is 0.931. The Bertz CT molecular complexity index is 248. The lowest BCUT2D eigenvalue weighted by Gasteiger charge is -2.11. The van der Waals surface area contributed by atoms with Crippen LogP contribution in [0.2, 0.25) is 0 Å². The molecule has 1 atom stereocenters. The number of hydrogen-bond donors (Lipinski definition) is 1. The highest BCUT2D eigenvalue weighted by molar-refractivity contribution is 5.20. The van der Waals surface area contributed by atoms with Gasteiger partial charge < -0.3 is 10.5 Å². The van der Waals surface area contributed by atoms with Crippen molar-refractivity contribution in [3.63, 3.8) is 0 Å². The topological polar surface area (TPSA) is 35.2 Å². The van der Waals surface area contributed by atoms with Crippen molar-refractivity contribution in [2.75, 3.05) is 6.61 Å². The highest BCUT2D eigenvalue weighted by Crippen LogP contribution is 2.09. The molecule has 2 nitrogen and oxygen atoms in total. The van der Waals surface area contributed by atoms with E-state index < -0.39 is 0 Å². The van der Waals surface area contributed by atoms with E-state index in [0.29, 0.717) is 0 Å². The highest BCUT2D eigenvalue weighted by atomic mass is 16.5. The number of para-hydroxylation sites is 1. The molecular formula is C13H21NO. The first-order chi connectivity index (χ1) is 7.33. The molecular weight excluding hydrogens is 186 g/mol. The summed E-state index contributed by atoms with van der Waals surface area (Å²) in [5, 5.41) is 0. The molecule has 1 aromatic carbocycles. The highest BCUT2D eigenvalue weighted by Gasteiger charge is 2.01. The zero-order valence-corrected chi connectivity index (χ0v) is 9.49. The number of rotatable bonds is 7. The Balaban J connectivity index is 2.11. The van der Waals surface area contributed by atoms with Crippen molar-refractivity contribution in [3.05, 3.63) is 30.3 Å². The molecule has 0 amide bonds. The van der Waals surface area contributed by atoms with Crippen LogP contribution in [0.5, 0.6) is 5.75 Å². The molecule has 1 aromatic rings. The number of benzene rings is 1. The number of unbranched alkanes of at least 4 members (excludes halogenated alkanes) is 1. The normalized spacial score (nSPS) is 12.4. The molecule has 0 radical (unpaired) electrons. The van der Waals surface area contributed by atoms with E-state index in [1.54, 1.807) is 0 Å². The molecule has 0 aliphatic heterocycles. The van der Waals surface area contributed by atoms with E-state index in [2.05, 4.69) is 6.92 Å². The maximum absolute atomic E-state index is 5.94. The summed E-state index contributed by atoms with van der Waals surface area (Å²) >= 11 is 0. The van der Waals surface area contributed by atoms with Crippen LogP contribution in [0.4, 0.5) is 0 Å². The van der Waals surface area contributed by atoms with E-state index >= 15 is 0 Å². The number of nitrogens with two attached hydrogens (primary N) is 1. The molecule has 1 unspecified atom stereocenters. The fourth-order valence-corrected chi connectivity index (χ4v) is 1.46. The van der Waals surface area contributed by atoms with Gasteiger partial charge in [0.1, 0.15) is 5.75 Å². The Labute approximate surface area is 92.4 Å². The summed E-state index contributed by atoms with van der Waals surface area (Å²) in [6.45, 7) is 2.90. The third kappa shape index (κ3) is 5.43. The Morgan fingerprint density at radius 3 is 2.60 bits per heavy atom. The van der Waals surface area contributed by atoms with Gasteiger partial charge >= 0.3 is 0 Å². The molecule has 0 saturated carbocycles. The monoisotopic (exact) mass is 207 g/mol. The van der Waals surface area contributed by atoms with E-state index in [1.165, 1.54) is 12.8 Å². The number of ether oxygens (including phenoxy) is 1. The van der Waals surface area contributed by atoms with Gasteiger partial charge in [-0.05, 0) is 25.0 Å². The van der Waals surface area contributed by atoms with Crippen LogP contribution in [0.25, 0.3) is 0 Å². The van der Waals surface area contributed by atoms with Crippen LogP contribution < -0.4 is 10.5 Å². The molecule has 0 saturated heterocycles. The minimum Gasteiger partial charge on any atom is -0.494 e. The summed E-state index contributed by atoms with van der Waals surface area (Å²) in [6.07, 6.45) is 4.48. The van der Waals surface area contributed by atoms with Gasteiger partial charge in [0.2, 0.25) is 0 Å². The van der Waals surface area contributed by atoms with E-state index in [0.717, 1.165) is 25.2 Å². The fraction of sp³-hybridized carbons (Fsp3) is 0.538. The first-order valence-electron chi connectivity index (χ1n) is 5.76. The predicted molar refractivity (Wildman–Crippen MR) is 64.1 cm³/mol. The third-order valence-electron chi connectivity index (χ3n) is 2.43. The third-order valence-corrected chi connectivity index (χ3v) is 2.43. The van der Waals surface area contributed by atoms with Gasteiger partial charge in [0, 0.05) is 6.04 Å². The zero-order valence-electron chi connectivity index (χ0n) is 9.49. The second-order valence-electron chi connectivity index (χ2n) is 3.85. The summed E-state index contributed by atoms with van der Waals surface area (Å²) in [6, 6.07) is 10.2. The fourth-order valence-electron chi connectivity index (χ4n) is 1.46. The molecule has 0 fully saturated rings. The van der Waals surface area contributed by atoms with Crippen LogP contribution >= 0.6 is 0 Å². The van der Waals surface area contributed by atoms with Gasteiger partial charge in [0.25, 0.3) is 0 Å². The van der Waals surface area contributed by atoms with Crippen molar-refractivity contribution < 1.29 is 4.74 Å². The van der Waals surface area contributed by atoms with Gasteiger partial charge in [-0.25, -0.2) is 0 Å². The van der Waals surface area contributed by atoms with Gasteiger partial charge in [0.05, 0.1) is 6.61 Å². The van der Waals surface area contributed by atoms with E-state index in [4.69, 9.17) is 10.5 Å². The average molecular weight is 207 g/mol. The van der Waals surface area contributed by atoms with Crippen LogP contribution in [0.15, 0.2) is 30.3 Å². The molecule has 0 heterocycles. The van der Waals surface area contributed by atoms with Gasteiger partial charge in [-0.15, -0.1) is 0 Å². The Kier molecular flexibility index (Phi) is 5.86. The Morgan fingerprint density at radius 1 is 1.20 bits per heavy atom. The lowest BCUT2D eigenvalue weighted by molar-refractivity contribution is 0.293. The van der Waals surface area contributed by atoms with Crippen molar-refractivity contribution in [1.82, 2.24) is 0 Å². The second-order valence-corrected chi connectivity index (χ2v) is 3.85. The van der Waals surface area contributed by atoms with Gasteiger partial charge in [0.15, 0.2) is 0 Å². The molecule has 0 aliphatic rings. The first-order valence-corrected chi connectivity index (χ1v) is 5.76. The zero-order chi connectivity index (χ0) is 10.9. The van der Waals surface area contributed by atoms with E-state index in [1.807, 2.05) is 30.3 Å². The molecule has 0 aromatic heterocycles. The van der Waals surface area contributed by atoms with Crippen LogP contribution in [0, 0.1) is 0 Å². The molecule has 15 heavy (non-hydrogen) atoms. The van der Waals surface area contributed by atoms with Crippen molar-refractivity contribution in [3.8, 4) is 5.75 Å². The Morgan fingerprint density at radius 2 is 1.93 bits per heavy atom. The van der Waals surface area contributed by atoms with Crippen molar-refractivity contribution in [1.29, 1.82) is 0 Å². The molecule has 0 aliphatic carbocycles. The quantitative estimate of drug-likeness (QED) is 0.746. The van der Waals surface area contributed by atoms with E-state index in [9.17, 15) is 0 Å². The van der Waals surface area contributed by atoms with Crippen molar-refractivity contribution in [2.45, 2.75) is 38.6 Å². The summed E-state index contributed by atoms with van der Waals surface area (Å²) in [4.78, 5) is 0. The molecule has 0 bridgehead atoms.